The van der Waals surface area contributed by atoms with Gasteiger partial charge in [-0.25, -0.2) is 4.98 Å². The van der Waals surface area contributed by atoms with E-state index in [9.17, 15) is 4.79 Å². The molecule has 20 heavy (non-hydrogen) atoms. The average Bonchev–Trinajstić information content (AvgIpc) is 3.12. The van der Waals surface area contributed by atoms with Crippen LogP contribution >= 0.6 is 11.3 Å². The molecule has 106 valence electrons. The van der Waals surface area contributed by atoms with Gasteiger partial charge in [0.25, 0.3) is 5.56 Å². The number of hydrogen-bond donors (Lipinski definition) is 1. The normalized spacial score (nSPS) is 28.9. The van der Waals surface area contributed by atoms with Crippen LogP contribution in [0.1, 0.15) is 62.8 Å². The summed E-state index contributed by atoms with van der Waals surface area (Å²) in [6, 6.07) is 0. The molecule has 0 aliphatic heterocycles. The average molecular weight is 288 g/mol. The molecule has 0 radical (unpaired) electrons. The molecular weight excluding hydrogens is 268 g/mol. The first-order valence-corrected chi connectivity index (χ1v) is 8.52. The molecule has 2 aromatic heterocycles. The lowest BCUT2D eigenvalue weighted by molar-refractivity contribution is 0.406. The van der Waals surface area contributed by atoms with Gasteiger partial charge in [-0.05, 0) is 48.0 Å². The minimum atomic E-state index is 0.0673. The Balaban J connectivity index is 1.81. The van der Waals surface area contributed by atoms with Gasteiger partial charge in [-0.2, -0.15) is 0 Å². The van der Waals surface area contributed by atoms with E-state index in [4.69, 9.17) is 4.98 Å². The fraction of sp³-hybridized carbons (Fsp3) is 0.625. The minimum absolute atomic E-state index is 0.0673. The lowest BCUT2D eigenvalue weighted by atomic mass is 9.88. The van der Waals surface area contributed by atoms with Gasteiger partial charge in [-0.1, -0.05) is 20.3 Å². The third kappa shape index (κ3) is 1.77. The molecule has 3 nitrogen and oxygen atoms in total. The second-order valence-corrected chi connectivity index (χ2v) is 7.62. The van der Waals surface area contributed by atoms with Crippen molar-refractivity contribution >= 4 is 21.6 Å². The van der Waals surface area contributed by atoms with Crippen molar-refractivity contribution in [2.45, 2.75) is 51.4 Å². The van der Waals surface area contributed by atoms with E-state index in [-0.39, 0.29) is 5.56 Å². The molecule has 2 aromatic rings. The molecule has 0 saturated heterocycles. The van der Waals surface area contributed by atoms with Crippen molar-refractivity contribution in [3.63, 3.8) is 0 Å². The highest BCUT2D eigenvalue weighted by Gasteiger charge is 2.41. The van der Waals surface area contributed by atoms with Crippen LogP contribution in [0.5, 0.6) is 0 Å². The Hall–Kier alpha value is -1.16. The van der Waals surface area contributed by atoms with Crippen LogP contribution in [-0.4, -0.2) is 9.97 Å². The van der Waals surface area contributed by atoms with Crippen LogP contribution in [0.4, 0.5) is 0 Å². The fourth-order valence-corrected chi connectivity index (χ4v) is 5.28. The molecule has 2 fully saturated rings. The SMILES string of the molecule is CC(C)c1csc2nc(C3CC4CCC3C4)[nH]c(=O)c12. The Labute approximate surface area is 122 Å². The van der Waals surface area contributed by atoms with Gasteiger partial charge in [-0.15, -0.1) is 11.3 Å². The van der Waals surface area contributed by atoms with Crippen LogP contribution in [0, 0.1) is 11.8 Å². The first-order valence-electron chi connectivity index (χ1n) is 7.64. The highest BCUT2D eigenvalue weighted by atomic mass is 32.1. The summed E-state index contributed by atoms with van der Waals surface area (Å²) in [5.41, 5.74) is 1.20. The summed E-state index contributed by atoms with van der Waals surface area (Å²) >= 11 is 1.62. The van der Waals surface area contributed by atoms with E-state index in [1.165, 1.54) is 25.7 Å². The molecule has 2 aliphatic rings. The van der Waals surface area contributed by atoms with E-state index in [1.54, 1.807) is 11.3 Å². The Morgan fingerprint density at radius 3 is 2.85 bits per heavy atom. The second kappa shape index (κ2) is 4.42. The van der Waals surface area contributed by atoms with Gasteiger partial charge in [0.15, 0.2) is 0 Å². The molecule has 3 unspecified atom stereocenters. The van der Waals surface area contributed by atoms with Crippen molar-refractivity contribution in [3.05, 3.63) is 27.1 Å². The summed E-state index contributed by atoms with van der Waals surface area (Å²) in [6.45, 7) is 4.26. The van der Waals surface area contributed by atoms with Gasteiger partial charge < -0.3 is 4.98 Å². The number of nitrogens with one attached hydrogen (secondary N) is 1. The minimum Gasteiger partial charge on any atom is -0.310 e. The fourth-order valence-electron chi connectivity index (χ4n) is 4.17. The van der Waals surface area contributed by atoms with Crippen LogP contribution in [0.3, 0.4) is 0 Å². The Kier molecular flexibility index (Phi) is 2.78. The van der Waals surface area contributed by atoms with Gasteiger partial charge in [0.05, 0.1) is 5.39 Å². The Bertz CT molecular complexity index is 715. The molecule has 0 spiro atoms. The summed E-state index contributed by atoms with van der Waals surface area (Å²) in [7, 11) is 0. The maximum Gasteiger partial charge on any atom is 0.259 e. The van der Waals surface area contributed by atoms with Crippen LogP contribution in [-0.2, 0) is 0 Å². The van der Waals surface area contributed by atoms with Gasteiger partial charge in [0.1, 0.15) is 10.7 Å². The number of fused-ring (bicyclic) bond motifs is 3. The van der Waals surface area contributed by atoms with Crippen molar-refractivity contribution in [1.82, 2.24) is 9.97 Å². The van der Waals surface area contributed by atoms with E-state index in [0.717, 1.165) is 33.4 Å². The Morgan fingerprint density at radius 2 is 2.20 bits per heavy atom. The summed E-state index contributed by atoms with van der Waals surface area (Å²) in [6.07, 6.45) is 5.26. The highest BCUT2D eigenvalue weighted by molar-refractivity contribution is 7.16. The molecule has 2 bridgehead atoms. The quantitative estimate of drug-likeness (QED) is 0.907. The number of H-pyrrole nitrogens is 1. The summed E-state index contributed by atoms with van der Waals surface area (Å²) in [5, 5.41) is 2.92. The largest absolute Gasteiger partial charge is 0.310 e. The maximum atomic E-state index is 12.5. The zero-order chi connectivity index (χ0) is 13.9. The predicted molar refractivity (Wildman–Crippen MR) is 82.5 cm³/mol. The molecule has 0 amide bonds. The molecule has 4 rings (SSSR count). The van der Waals surface area contributed by atoms with Crippen molar-refractivity contribution < 1.29 is 0 Å². The van der Waals surface area contributed by atoms with E-state index in [2.05, 4.69) is 24.2 Å². The van der Waals surface area contributed by atoms with Crippen LogP contribution in [0.25, 0.3) is 10.2 Å². The van der Waals surface area contributed by atoms with Gasteiger partial charge in [0, 0.05) is 5.92 Å². The molecule has 1 N–H and O–H groups in total. The molecular formula is C16H20N2OS. The maximum absolute atomic E-state index is 12.5. The van der Waals surface area contributed by atoms with E-state index < -0.39 is 0 Å². The number of aromatic amines is 1. The molecule has 3 atom stereocenters. The standard InChI is InChI=1S/C16H20N2OS/c1-8(2)12-7-20-16-13(12)15(19)17-14(18-16)11-6-9-3-4-10(11)5-9/h7-11H,3-6H2,1-2H3,(H,17,18,19). The molecule has 2 heterocycles. The molecule has 2 aliphatic carbocycles. The van der Waals surface area contributed by atoms with Crippen LogP contribution < -0.4 is 5.56 Å². The van der Waals surface area contributed by atoms with E-state index in [0.29, 0.717) is 11.8 Å². The molecule has 0 aromatic carbocycles. The number of rotatable bonds is 2. The number of hydrogen-bond acceptors (Lipinski definition) is 3. The highest BCUT2D eigenvalue weighted by Crippen LogP contribution is 2.52. The van der Waals surface area contributed by atoms with Crippen molar-refractivity contribution in [2.75, 3.05) is 0 Å². The smallest absolute Gasteiger partial charge is 0.259 e. The topological polar surface area (TPSA) is 45.8 Å². The van der Waals surface area contributed by atoms with Crippen molar-refractivity contribution in [2.24, 2.45) is 11.8 Å². The zero-order valence-electron chi connectivity index (χ0n) is 12.0. The van der Waals surface area contributed by atoms with Gasteiger partial charge in [-0.3, -0.25) is 4.79 Å². The zero-order valence-corrected chi connectivity index (χ0v) is 12.8. The van der Waals surface area contributed by atoms with Crippen LogP contribution in [0.2, 0.25) is 0 Å². The third-order valence-electron chi connectivity index (χ3n) is 5.20. The van der Waals surface area contributed by atoms with E-state index in [1.807, 2.05) is 0 Å². The van der Waals surface area contributed by atoms with Crippen molar-refractivity contribution in [3.8, 4) is 0 Å². The summed E-state index contributed by atoms with van der Waals surface area (Å²) in [5.74, 6) is 3.45. The first kappa shape index (κ1) is 12.6. The molecule has 2 saturated carbocycles. The van der Waals surface area contributed by atoms with Gasteiger partial charge >= 0.3 is 0 Å². The first-order chi connectivity index (χ1) is 9.63. The Morgan fingerprint density at radius 1 is 1.35 bits per heavy atom. The number of thiophene rings is 1. The van der Waals surface area contributed by atoms with Crippen molar-refractivity contribution in [1.29, 1.82) is 0 Å². The molecule has 4 heteroatoms. The predicted octanol–water partition coefficient (Wildman–Crippen LogP) is 4.01. The van der Waals surface area contributed by atoms with Gasteiger partial charge in [0.2, 0.25) is 0 Å². The lowest BCUT2D eigenvalue weighted by Crippen LogP contribution is -2.18. The van der Waals surface area contributed by atoms with E-state index >= 15 is 0 Å². The summed E-state index contributed by atoms with van der Waals surface area (Å²) < 4.78 is 0. The number of aromatic nitrogens is 2. The monoisotopic (exact) mass is 288 g/mol. The number of nitrogens with zero attached hydrogens (tertiary/aromatic N) is 1. The lowest BCUT2D eigenvalue weighted by Gasteiger charge is -2.20. The second-order valence-electron chi connectivity index (χ2n) is 6.76. The third-order valence-corrected chi connectivity index (χ3v) is 6.09. The summed E-state index contributed by atoms with van der Waals surface area (Å²) in [4.78, 5) is 21.3. The van der Waals surface area contributed by atoms with Crippen LogP contribution in [0.15, 0.2) is 10.2 Å².